The van der Waals surface area contributed by atoms with Crippen molar-refractivity contribution in [2.45, 2.75) is 38.6 Å². The van der Waals surface area contributed by atoms with E-state index in [9.17, 15) is 4.79 Å². The van der Waals surface area contributed by atoms with Gasteiger partial charge in [0.05, 0.1) is 5.54 Å². The number of carbonyl (C=O) groups excluding carboxylic acids is 1. The third-order valence-electron chi connectivity index (χ3n) is 3.05. The van der Waals surface area contributed by atoms with Crippen LogP contribution in [-0.4, -0.2) is 29.4 Å². The molecule has 2 N–H and O–H groups in total. The molecule has 1 heterocycles. The molecule has 0 aromatic carbocycles. The van der Waals surface area contributed by atoms with Crippen LogP contribution in [0.15, 0.2) is 0 Å². The number of hydrogen-bond donors (Lipinski definition) is 1. The molecule has 3 heteroatoms. The van der Waals surface area contributed by atoms with E-state index >= 15 is 0 Å². The van der Waals surface area contributed by atoms with E-state index in [-0.39, 0.29) is 11.4 Å². The summed E-state index contributed by atoms with van der Waals surface area (Å²) in [6.07, 6.45) is 2.88. The van der Waals surface area contributed by atoms with Crippen molar-refractivity contribution in [1.29, 1.82) is 0 Å². The molecule has 3 nitrogen and oxygen atoms in total. The number of nitrogens with zero attached hydrogens (tertiary/aromatic N) is 1. The molecule has 12 heavy (non-hydrogen) atoms. The van der Waals surface area contributed by atoms with Crippen molar-refractivity contribution < 1.29 is 4.79 Å². The number of hydrogen-bond acceptors (Lipinski definition) is 2. The fourth-order valence-electron chi connectivity index (χ4n) is 2.25. The highest BCUT2D eigenvalue weighted by Crippen LogP contribution is 2.31. The minimum Gasteiger partial charge on any atom is -0.368 e. The highest BCUT2D eigenvalue weighted by molar-refractivity contribution is 5.84. The Kier molecular flexibility index (Phi) is 2.73. The van der Waals surface area contributed by atoms with Gasteiger partial charge in [-0.3, -0.25) is 9.69 Å². The van der Waals surface area contributed by atoms with Gasteiger partial charge in [0.1, 0.15) is 0 Å². The maximum absolute atomic E-state index is 11.3. The Morgan fingerprint density at radius 2 is 2.25 bits per heavy atom. The van der Waals surface area contributed by atoms with Gasteiger partial charge in [-0.2, -0.15) is 0 Å². The topological polar surface area (TPSA) is 46.3 Å². The summed E-state index contributed by atoms with van der Waals surface area (Å²) in [6, 6.07) is 0. The predicted octanol–water partition coefficient (Wildman–Crippen LogP) is 0.736. The molecule has 0 spiro atoms. The van der Waals surface area contributed by atoms with E-state index in [2.05, 4.69) is 11.8 Å². The Labute approximate surface area is 73.9 Å². The van der Waals surface area contributed by atoms with Crippen LogP contribution in [0.2, 0.25) is 0 Å². The third-order valence-corrected chi connectivity index (χ3v) is 3.05. The maximum atomic E-state index is 11.3. The second-order valence-corrected chi connectivity index (χ2v) is 3.43. The molecule has 1 fully saturated rings. The van der Waals surface area contributed by atoms with Crippen molar-refractivity contribution in [3.63, 3.8) is 0 Å². The lowest BCUT2D eigenvalue weighted by Crippen LogP contribution is -2.53. The minimum atomic E-state index is -0.325. The lowest BCUT2D eigenvalue weighted by Gasteiger charge is -2.33. The summed E-state index contributed by atoms with van der Waals surface area (Å²) in [5.74, 6) is -0.149. The number of rotatable bonds is 3. The van der Waals surface area contributed by atoms with E-state index in [1.807, 2.05) is 6.92 Å². The smallest absolute Gasteiger partial charge is 0.237 e. The molecule has 1 saturated heterocycles. The number of amides is 1. The molecule has 0 radical (unpaired) electrons. The van der Waals surface area contributed by atoms with Gasteiger partial charge in [-0.05, 0) is 32.4 Å². The van der Waals surface area contributed by atoms with Crippen LogP contribution < -0.4 is 5.73 Å². The van der Waals surface area contributed by atoms with Crippen molar-refractivity contribution in [2.24, 2.45) is 5.73 Å². The lowest BCUT2D eigenvalue weighted by atomic mass is 9.92. The van der Waals surface area contributed by atoms with E-state index in [0.29, 0.717) is 0 Å². The first-order valence-electron chi connectivity index (χ1n) is 4.72. The summed E-state index contributed by atoms with van der Waals surface area (Å²) in [7, 11) is 0. The number of carbonyl (C=O) groups is 1. The Hall–Kier alpha value is -0.570. The number of primary amides is 1. The second kappa shape index (κ2) is 3.44. The van der Waals surface area contributed by atoms with Crippen LogP contribution in [0.1, 0.15) is 33.1 Å². The summed E-state index contributed by atoms with van der Waals surface area (Å²) >= 11 is 0. The number of likely N-dealkylation sites (N-methyl/N-ethyl adjacent to an activating group) is 1. The van der Waals surface area contributed by atoms with Gasteiger partial charge in [0.25, 0.3) is 0 Å². The Morgan fingerprint density at radius 3 is 2.58 bits per heavy atom. The van der Waals surface area contributed by atoms with Crippen LogP contribution in [-0.2, 0) is 4.79 Å². The summed E-state index contributed by atoms with van der Waals surface area (Å²) < 4.78 is 0. The van der Waals surface area contributed by atoms with Crippen molar-refractivity contribution >= 4 is 5.91 Å². The van der Waals surface area contributed by atoms with Gasteiger partial charge in [0.15, 0.2) is 0 Å². The fourth-order valence-corrected chi connectivity index (χ4v) is 2.25. The molecule has 0 aromatic heterocycles. The number of likely N-dealkylation sites (tertiary alicyclic amines) is 1. The van der Waals surface area contributed by atoms with Gasteiger partial charge in [0, 0.05) is 0 Å². The molecule has 0 unspecified atom stereocenters. The van der Waals surface area contributed by atoms with Gasteiger partial charge in [-0.1, -0.05) is 13.8 Å². The first kappa shape index (κ1) is 9.52. The summed E-state index contributed by atoms with van der Waals surface area (Å²) in [6.45, 7) is 6.07. The zero-order chi connectivity index (χ0) is 9.19. The summed E-state index contributed by atoms with van der Waals surface area (Å²) in [5, 5.41) is 0. The molecular formula is C9H18N2O. The summed E-state index contributed by atoms with van der Waals surface area (Å²) in [5.41, 5.74) is 5.10. The van der Waals surface area contributed by atoms with Crippen LogP contribution in [0.3, 0.4) is 0 Å². The Bertz CT molecular complexity index is 181. The molecule has 70 valence electrons. The average molecular weight is 170 g/mol. The van der Waals surface area contributed by atoms with E-state index in [4.69, 9.17) is 5.73 Å². The van der Waals surface area contributed by atoms with Crippen LogP contribution in [0.5, 0.6) is 0 Å². The molecular weight excluding hydrogens is 152 g/mol. The van der Waals surface area contributed by atoms with Gasteiger partial charge < -0.3 is 5.73 Å². The molecule has 0 aliphatic carbocycles. The molecule has 1 aliphatic rings. The molecule has 1 rings (SSSR count). The zero-order valence-corrected chi connectivity index (χ0v) is 7.97. The highest BCUT2D eigenvalue weighted by atomic mass is 16.1. The standard InChI is InChI=1S/C9H18N2O/c1-3-9(8(10)12)6-5-7-11(9)4-2/h3-7H2,1-2H3,(H2,10,12)/t9-/m0/s1. The van der Waals surface area contributed by atoms with Crippen LogP contribution in [0, 0.1) is 0 Å². The first-order chi connectivity index (χ1) is 5.67. The van der Waals surface area contributed by atoms with Crippen molar-refractivity contribution in [3.8, 4) is 0 Å². The largest absolute Gasteiger partial charge is 0.368 e. The quantitative estimate of drug-likeness (QED) is 0.679. The summed E-state index contributed by atoms with van der Waals surface area (Å²) in [4.78, 5) is 13.5. The Balaban J connectivity index is 2.83. The lowest BCUT2D eigenvalue weighted by molar-refractivity contribution is -0.128. The average Bonchev–Trinajstić information content (AvgIpc) is 2.47. The van der Waals surface area contributed by atoms with Crippen LogP contribution in [0.4, 0.5) is 0 Å². The zero-order valence-electron chi connectivity index (χ0n) is 7.97. The van der Waals surface area contributed by atoms with Crippen molar-refractivity contribution in [2.75, 3.05) is 13.1 Å². The molecule has 1 aliphatic heterocycles. The second-order valence-electron chi connectivity index (χ2n) is 3.43. The molecule has 1 amide bonds. The highest BCUT2D eigenvalue weighted by Gasteiger charge is 2.43. The third kappa shape index (κ3) is 1.22. The molecule has 0 bridgehead atoms. The van der Waals surface area contributed by atoms with Gasteiger partial charge in [-0.25, -0.2) is 0 Å². The van der Waals surface area contributed by atoms with E-state index in [0.717, 1.165) is 32.4 Å². The SMILES string of the molecule is CCN1CCC[C@@]1(CC)C(N)=O. The van der Waals surface area contributed by atoms with E-state index in [1.165, 1.54) is 0 Å². The van der Waals surface area contributed by atoms with Gasteiger partial charge in [-0.15, -0.1) is 0 Å². The monoisotopic (exact) mass is 170 g/mol. The van der Waals surface area contributed by atoms with E-state index < -0.39 is 0 Å². The van der Waals surface area contributed by atoms with Crippen LogP contribution >= 0.6 is 0 Å². The fraction of sp³-hybridized carbons (Fsp3) is 0.889. The van der Waals surface area contributed by atoms with E-state index in [1.54, 1.807) is 0 Å². The maximum Gasteiger partial charge on any atom is 0.237 e. The molecule has 0 saturated carbocycles. The molecule has 1 atom stereocenters. The first-order valence-corrected chi connectivity index (χ1v) is 4.72. The Morgan fingerprint density at radius 1 is 1.58 bits per heavy atom. The predicted molar refractivity (Wildman–Crippen MR) is 48.7 cm³/mol. The van der Waals surface area contributed by atoms with Gasteiger partial charge >= 0.3 is 0 Å². The van der Waals surface area contributed by atoms with Crippen molar-refractivity contribution in [1.82, 2.24) is 4.90 Å². The van der Waals surface area contributed by atoms with Crippen molar-refractivity contribution in [3.05, 3.63) is 0 Å². The van der Waals surface area contributed by atoms with Crippen LogP contribution in [0.25, 0.3) is 0 Å². The minimum absolute atomic E-state index is 0.149. The molecule has 0 aromatic rings. The normalized spacial score (nSPS) is 30.8. The van der Waals surface area contributed by atoms with Gasteiger partial charge in [0.2, 0.25) is 5.91 Å². The number of nitrogens with two attached hydrogens (primary N) is 1.